The number of rotatable bonds is 9. The van der Waals surface area contributed by atoms with Crippen molar-refractivity contribution >= 4 is 23.8 Å². The summed E-state index contributed by atoms with van der Waals surface area (Å²) in [7, 11) is 1.52. The molecule has 2 aromatic carbocycles. The van der Waals surface area contributed by atoms with Crippen molar-refractivity contribution in [2.45, 2.75) is 5.92 Å². The van der Waals surface area contributed by atoms with Crippen molar-refractivity contribution in [3.63, 3.8) is 0 Å². The Hall–Kier alpha value is -4.18. The average molecular weight is 464 g/mol. The van der Waals surface area contributed by atoms with Gasteiger partial charge in [-0.15, -0.1) is 0 Å². The topological polar surface area (TPSA) is 132 Å². The second-order valence-corrected chi connectivity index (χ2v) is 7.69. The van der Waals surface area contributed by atoms with Gasteiger partial charge in [0.15, 0.2) is 0 Å². The van der Waals surface area contributed by atoms with Gasteiger partial charge in [0.05, 0.1) is 12.8 Å². The monoisotopic (exact) mass is 464 g/mol. The van der Waals surface area contributed by atoms with Crippen LogP contribution in [0.15, 0.2) is 54.7 Å². The predicted octanol–water partition coefficient (Wildman–Crippen LogP) is 2.61. The van der Waals surface area contributed by atoms with Crippen LogP contribution in [-0.4, -0.2) is 59.2 Å². The summed E-state index contributed by atoms with van der Waals surface area (Å²) in [5, 5.41) is 18.0. The number of amides is 2. The molecule has 10 heteroatoms. The van der Waals surface area contributed by atoms with E-state index >= 15 is 0 Å². The number of carboxylic acids is 1. The third kappa shape index (κ3) is 4.91. The van der Waals surface area contributed by atoms with Crippen molar-refractivity contribution in [1.29, 1.82) is 0 Å². The van der Waals surface area contributed by atoms with E-state index in [4.69, 9.17) is 14.6 Å². The van der Waals surface area contributed by atoms with Crippen molar-refractivity contribution in [3.8, 4) is 11.1 Å². The van der Waals surface area contributed by atoms with E-state index in [1.165, 1.54) is 11.7 Å². The predicted molar refractivity (Wildman–Crippen MR) is 123 cm³/mol. The maximum Gasteiger partial charge on any atom is 0.407 e. The molecule has 3 aromatic rings. The molecule has 3 N–H and O–H groups in total. The summed E-state index contributed by atoms with van der Waals surface area (Å²) in [5.41, 5.74) is 4.45. The van der Waals surface area contributed by atoms with Gasteiger partial charge < -0.3 is 25.2 Å². The number of hydrogen-bond acceptors (Lipinski definition) is 6. The van der Waals surface area contributed by atoms with Crippen molar-refractivity contribution in [2.75, 3.05) is 31.7 Å². The second-order valence-electron chi connectivity index (χ2n) is 7.69. The van der Waals surface area contributed by atoms with Crippen LogP contribution in [0.1, 0.15) is 27.4 Å². The second kappa shape index (κ2) is 10.2. The highest BCUT2D eigenvalue weighted by Crippen LogP contribution is 2.44. The van der Waals surface area contributed by atoms with Gasteiger partial charge in [-0.25, -0.2) is 9.59 Å². The van der Waals surface area contributed by atoms with E-state index in [1.807, 2.05) is 36.4 Å². The van der Waals surface area contributed by atoms with E-state index in [2.05, 4.69) is 27.9 Å². The Labute approximate surface area is 195 Å². The van der Waals surface area contributed by atoms with Crippen LogP contribution in [0.4, 0.5) is 10.6 Å². The number of aryl methyl sites for hydroxylation is 1. The number of aromatic nitrogens is 2. The van der Waals surface area contributed by atoms with E-state index in [-0.39, 0.29) is 43.7 Å². The summed E-state index contributed by atoms with van der Waals surface area (Å²) in [6.07, 6.45) is 0.577. The summed E-state index contributed by atoms with van der Waals surface area (Å²) < 4.78 is 11.9. The maximum absolute atomic E-state index is 12.1. The number of benzene rings is 2. The summed E-state index contributed by atoms with van der Waals surface area (Å²) in [4.78, 5) is 35.3. The molecule has 0 aliphatic heterocycles. The number of nitrogens with zero attached hydrogens (tertiary/aromatic N) is 2. The van der Waals surface area contributed by atoms with Crippen molar-refractivity contribution in [2.24, 2.45) is 7.05 Å². The fourth-order valence-corrected chi connectivity index (χ4v) is 3.95. The number of carbonyl (C=O) groups is 3. The molecule has 1 aliphatic carbocycles. The highest BCUT2D eigenvalue weighted by atomic mass is 16.5. The molecule has 0 fully saturated rings. The van der Waals surface area contributed by atoms with Crippen LogP contribution in [-0.2, 0) is 21.3 Å². The molecule has 0 unspecified atom stereocenters. The zero-order valence-electron chi connectivity index (χ0n) is 18.5. The van der Waals surface area contributed by atoms with Crippen molar-refractivity contribution < 1.29 is 29.0 Å². The number of hydrogen-bond donors (Lipinski definition) is 3. The molecule has 2 amide bonds. The van der Waals surface area contributed by atoms with Crippen LogP contribution in [0.2, 0.25) is 0 Å². The molecule has 0 saturated heterocycles. The quantitative estimate of drug-likeness (QED) is 0.415. The highest BCUT2D eigenvalue weighted by molar-refractivity contribution is 5.99. The summed E-state index contributed by atoms with van der Waals surface area (Å²) in [6, 6.07) is 16.2. The zero-order chi connectivity index (χ0) is 24.1. The summed E-state index contributed by atoms with van der Waals surface area (Å²) in [6.45, 7) is 0.126. The highest BCUT2D eigenvalue weighted by Gasteiger charge is 2.29. The molecule has 1 aromatic heterocycles. The first-order valence-electron chi connectivity index (χ1n) is 10.7. The molecule has 34 heavy (non-hydrogen) atoms. The molecule has 1 aliphatic rings. The molecular weight excluding hydrogens is 440 g/mol. The largest absolute Gasteiger partial charge is 0.477 e. The fourth-order valence-electron chi connectivity index (χ4n) is 3.95. The van der Waals surface area contributed by atoms with Crippen molar-refractivity contribution in [3.05, 3.63) is 71.4 Å². The smallest absolute Gasteiger partial charge is 0.407 e. The molecule has 0 atom stereocenters. The van der Waals surface area contributed by atoms with Gasteiger partial charge in [-0.2, -0.15) is 5.10 Å². The zero-order valence-corrected chi connectivity index (χ0v) is 18.5. The lowest BCUT2D eigenvalue weighted by Crippen LogP contribution is -2.30. The Morgan fingerprint density at radius 1 is 1.06 bits per heavy atom. The van der Waals surface area contributed by atoms with Gasteiger partial charge in [0.1, 0.15) is 24.6 Å². The number of anilines is 1. The number of carboxylic acid groups (broad SMARTS) is 1. The van der Waals surface area contributed by atoms with Gasteiger partial charge >= 0.3 is 12.1 Å². The number of alkyl carbamates (subject to hydrolysis) is 1. The lowest BCUT2D eigenvalue weighted by molar-refractivity contribution is -0.120. The number of nitrogens with one attached hydrogen (secondary N) is 2. The van der Waals surface area contributed by atoms with E-state index in [0.29, 0.717) is 0 Å². The van der Waals surface area contributed by atoms with E-state index in [9.17, 15) is 14.4 Å². The molecule has 0 radical (unpaired) electrons. The van der Waals surface area contributed by atoms with Gasteiger partial charge in [0.25, 0.3) is 5.91 Å². The molecule has 4 rings (SSSR count). The first-order chi connectivity index (χ1) is 16.5. The molecule has 0 spiro atoms. The van der Waals surface area contributed by atoms with Crippen LogP contribution in [0, 0.1) is 0 Å². The third-order valence-electron chi connectivity index (χ3n) is 5.52. The summed E-state index contributed by atoms with van der Waals surface area (Å²) >= 11 is 0. The first-order valence-corrected chi connectivity index (χ1v) is 10.7. The number of carbonyl (C=O) groups excluding carboxylic acids is 2. The first kappa shape index (κ1) is 23.0. The Balaban J connectivity index is 1.19. The van der Waals surface area contributed by atoms with Gasteiger partial charge in [-0.3, -0.25) is 9.48 Å². The molecule has 176 valence electrons. The molecule has 1 heterocycles. The SMILES string of the molecule is Cn1ncc(C(=O)O)c1NC(=O)COCCNC(=O)OCC1c2ccccc2-c2ccccc21. The average Bonchev–Trinajstić information content (AvgIpc) is 3.35. The fraction of sp³-hybridized carbons (Fsp3) is 0.250. The number of aromatic carboxylic acids is 1. The minimum absolute atomic E-state index is 0.0270. The molecular formula is C24H24N4O6. The third-order valence-corrected chi connectivity index (χ3v) is 5.52. The molecule has 0 saturated carbocycles. The standard InChI is InChI=1S/C24H24N4O6/c1-28-22(19(12-26-28)23(30)31)27-21(29)14-33-11-10-25-24(32)34-13-20-17-8-4-2-6-15(17)16-7-3-5-9-18(16)20/h2-9,12,20H,10-11,13-14H2,1H3,(H,25,32)(H,27,29)(H,30,31). The lowest BCUT2D eigenvalue weighted by Gasteiger charge is -2.14. The minimum atomic E-state index is -1.20. The van der Waals surface area contributed by atoms with Gasteiger partial charge in [0, 0.05) is 19.5 Å². The van der Waals surface area contributed by atoms with Crippen LogP contribution >= 0.6 is 0 Å². The van der Waals surface area contributed by atoms with Gasteiger partial charge in [0.2, 0.25) is 0 Å². The van der Waals surface area contributed by atoms with Crippen LogP contribution < -0.4 is 10.6 Å². The van der Waals surface area contributed by atoms with Crippen LogP contribution in [0.25, 0.3) is 11.1 Å². The normalized spacial score (nSPS) is 12.0. The van der Waals surface area contributed by atoms with Crippen molar-refractivity contribution in [1.82, 2.24) is 15.1 Å². The van der Waals surface area contributed by atoms with E-state index in [1.54, 1.807) is 0 Å². The minimum Gasteiger partial charge on any atom is -0.477 e. The maximum atomic E-state index is 12.1. The Bertz CT molecular complexity index is 1180. The van der Waals surface area contributed by atoms with Crippen LogP contribution in [0.5, 0.6) is 0 Å². The Kier molecular flexibility index (Phi) is 6.88. The molecule has 0 bridgehead atoms. The van der Waals surface area contributed by atoms with Gasteiger partial charge in [-0.05, 0) is 22.3 Å². The lowest BCUT2D eigenvalue weighted by atomic mass is 9.98. The Morgan fingerprint density at radius 2 is 1.71 bits per heavy atom. The van der Waals surface area contributed by atoms with Crippen LogP contribution in [0.3, 0.4) is 0 Å². The molecule has 10 nitrogen and oxygen atoms in total. The van der Waals surface area contributed by atoms with E-state index in [0.717, 1.165) is 28.5 Å². The van der Waals surface area contributed by atoms with Gasteiger partial charge in [-0.1, -0.05) is 48.5 Å². The van der Waals surface area contributed by atoms with E-state index < -0.39 is 18.0 Å². The Morgan fingerprint density at radius 3 is 2.35 bits per heavy atom. The summed E-state index contributed by atoms with van der Waals surface area (Å²) in [5.74, 6) is -1.69. The number of ether oxygens (including phenoxy) is 2. The number of fused-ring (bicyclic) bond motifs is 3.